The van der Waals surface area contributed by atoms with Gasteiger partial charge in [0.1, 0.15) is 5.01 Å². The maximum atomic E-state index is 11.8. The van der Waals surface area contributed by atoms with Crippen LogP contribution in [0.3, 0.4) is 0 Å². The van der Waals surface area contributed by atoms with Crippen LogP contribution in [0.1, 0.15) is 55.1 Å². The number of nitrogens with one attached hydrogen (secondary N) is 2. The van der Waals surface area contributed by atoms with Crippen LogP contribution in [-0.2, 0) is 6.54 Å². The summed E-state index contributed by atoms with van der Waals surface area (Å²) in [5.41, 5.74) is 0.215. The van der Waals surface area contributed by atoms with Gasteiger partial charge in [0.15, 0.2) is 0 Å². The molecule has 3 N–H and O–H groups in total. The van der Waals surface area contributed by atoms with Crippen molar-refractivity contribution in [3.8, 4) is 0 Å². The maximum Gasteiger partial charge on any atom is 0.315 e. The van der Waals surface area contributed by atoms with Crippen molar-refractivity contribution >= 4 is 17.4 Å². The third kappa shape index (κ3) is 6.01. The molecule has 2 amide bonds. The van der Waals surface area contributed by atoms with E-state index in [4.69, 9.17) is 0 Å². The average Bonchev–Trinajstić information content (AvgIpc) is 2.74. The van der Waals surface area contributed by atoms with E-state index in [1.54, 1.807) is 11.3 Å². The number of carbonyl (C=O) groups is 1. The second-order valence-electron chi connectivity index (χ2n) is 5.51. The molecular formula is C15H27N3O2S. The zero-order chi connectivity index (χ0) is 15.9. The number of aromatic nitrogens is 1. The number of thiazole rings is 1. The van der Waals surface area contributed by atoms with Gasteiger partial charge in [-0.25, -0.2) is 9.78 Å². The molecule has 0 radical (unpaired) electrons. The van der Waals surface area contributed by atoms with Crippen molar-refractivity contribution in [2.45, 2.75) is 65.5 Å². The van der Waals surface area contributed by atoms with Gasteiger partial charge < -0.3 is 15.7 Å². The number of hydrogen-bond acceptors (Lipinski definition) is 4. The van der Waals surface area contributed by atoms with E-state index in [1.165, 1.54) is 4.88 Å². The smallest absolute Gasteiger partial charge is 0.315 e. The normalized spacial score (nSPS) is 11.5. The number of nitrogens with zero attached hydrogens (tertiary/aromatic N) is 1. The zero-order valence-electron chi connectivity index (χ0n) is 13.5. The summed E-state index contributed by atoms with van der Waals surface area (Å²) in [5.74, 6) is 0. The summed E-state index contributed by atoms with van der Waals surface area (Å²) in [6, 6.07) is -0.258. The molecule has 0 unspecified atom stereocenters. The van der Waals surface area contributed by atoms with Crippen LogP contribution in [0.15, 0.2) is 0 Å². The summed E-state index contributed by atoms with van der Waals surface area (Å²) in [7, 11) is 0. The lowest BCUT2D eigenvalue weighted by Gasteiger charge is -2.27. The highest BCUT2D eigenvalue weighted by Crippen LogP contribution is 2.18. The first-order valence-corrected chi connectivity index (χ1v) is 8.39. The van der Waals surface area contributed by atoms with Crippen LogP contribution in [-0.4, -0.2) is 28.3 Å². The van der Waals surface area contributed by atoms with Crippen molar-refractivity contribution < 1.29 is 9.90 Å². The Labute approximate surface area is 131 Å². The lowest BCUT2D eigenvalue weighted by atomic mass is 9.93. The van der Waals surface area contributed by atoms with E-state index < -0.39 is 5.60 Å². The van der Waals surface area contributed by atoms with Crippen molar-refractivity contribution in [3.63, 3.8) is 0 Å². The molecule has 120 valence electrons. The summed E-state index contributed by atoms with van der Waals surface area (Å²) in [6.07, 6.45) is 3.20. The minimum Gasteiger partial charge on any atom is -0.388 e. The molecule has 21 heavy (non-hydrogen) atoms. The summed E-state index contributed by atoms with van der Waals surface area (Å²) < 4.78 is 0. The largest absolute Gasteiger partial charge is 0.388 e. The highest BCUT2D eigenvalue weighted by Gasteiger charge is 2.25. The standard InChI is InChI=1S/C15H27N3O2S/c1-5-7-15(20,8-6-2)10-17-14(19)16-9-13-18-11(3)12(4)21-13/h20H,5-10H2,1-4H3,(H2,16,17,19). The van der Waals surface area contributed by atoms with Crippen LogP contribution >= 0.6 is 11.3 Å². The Kier molecular flexibility index (Phi) is 7.11. The van der Waals surface area contributed by atoms with E-state index in [-0.39, 0.29) is 12.6 Å². The van der Waals surface area contributed by atoms with E-state index in [9.17, 15) is 9.90 Å². The van der Waals surface area contributed by atoms with Gasteiger partial charge in [0.25, 0.3) is 0 Å². The Bertz CT molecular complexity index is 434. The molecule has 0 aliphatic carbocycles. The second-order valence-corrected chi connectivity index (χ2v) is 6.80. The van der Waals surface area contributed by atoms with Gasteiger partial charge in [-0.05, 0) is 26.7 Å². The second kappa shape index (κ2) is 8.34. The molecule has 6 heteroatoms. The summed E-state index contributed by atoms with van der Waals surface area (Å²) >= 11 is 1.59. The molecule has 5 nitrogen and oxygen atoms in total. The molecule has 0 aliphatic rings. The Morgan fingerprint density at radius 1 is 1.24 bits per heavy atom. The van der Waals surface area contributed by atoms with Crippen molar-refractivity contribution in [1.29, 1.82) is 0 Å². The van der Waals surface area contributed by atoms with Crippen LogP contribution in [0.2, 0.25) is 0 Å². The molecule has 0 spiro atoms. The Morgan fingerprint density at radius 2 is 1.86 bits per heavy atom. The molecule has 0 fully saturated rings. The molecule has 0 aromatic carbocycles. The summed E-state index contributed by atoms with van der Waals surface area (Å²) in [6.45, 7) is 8.76. The van der Waals surface area contributed by atoms with Gasteiger partial charge in [-0.1, -0.05) is 26.7 Å². The first-order chi connectivity index (χ1) is 9.90. The van der Waals surface area contributed by atoms with Crippen LogP contribution in [0.5, 0.6) is 0 Å². The first-order valence-electron chi connectivity index (χ1n) is 7.57. The number of aryl methyl sites for hydroxylation is 2. The van der Waals surface area contributed by atoms with E-state index in [0.29, 0.717) is 19.4 Å². The van der Waals surface area contributed by atoms with Crippen LogP contribution in [0.25, 0.3) is 0 Å². The monoisotopic (exact) mass is 313 g/mol. The Balaban J connectivity index is 2.39. The number of amides is 2. The highest BCUT2D eigenvalue weighted by molar-refractivity contribution is 7.11. The van der Waals surface area contributed by atoms with Crippen molar-refractivity contribution in [2.75, 3.05) is 6.54 Å². The number of carbonyl (C=O) groups excluding carboxylic acids is 1. The first kappa shape index (κ1) is 17.9. The summed E-state index contributed by atoms with van der Waals surface area (Å²) in [5, 5.41) is 16.9. The number of hydrogen-bond donors (Lipinski definition) is 3. The molecule has 0 aliphatic heterocycles. The number of aliphatic hydroxyl groups is 1. The topological polar surface area (TPSA) is 74.2 Å². The fourth-order valence-corrected chi connectivity index (χ4v) is 3.18. The predicted octanol–water partition coefficient (Wildman–Crippen LogP) is 2.89. The number of urea groups is 1. The van der Waals surface area contributed by atoms with Crippen molar-refractivity contribution in [2.24, 2.45) is 0 Å². The molecule has 0 saturated heterocycles. The van der Waals surface area contributed by atoms with Gasteiger partial charge in [0.05, 0.1) is 17.8 Å². The molecule has 1 aromatic rings. The fraction of sp³-hybridized carbons (Fsp3) is 0.733. The minimum absolute atomic E-state index is 0.258. The molecule has 0 atom stereocenters. The molecular weight excluding hydrogens is 286 g/mol. The maximum absolute atomic E-state index is 11.8. The fourth-order valence-electron chi connectivity index (χ4n) is 2.31. The highest BCUT2D eigenvalue weighted by atomic mass is 32.1. The lowest BCUT2D eigenvalue weighted by molar-refractivity contribution is 0.0241. The zero-order valence-corrected chi connectivity index (χ0v) is 14.3. The SMILES string of the molecule is CCCC(O)(CCC)CNC(=O)NCc1nc(C)c(C)s1. The summed E-state index contributed by atoms with van der Waals surface area (Å²) in [4.78, 5) is 17.4. The molecule has 0 bridgehead atoms. The Morgan fingerprint density at radius 3 is 2.33 bits per heavy atom. The third-order valence-corrected chi connectivity index (χ3v) is 4.55. The van der Waals surface area contributed by atoms with E-state index in [1.807, 2.05) is 27.7 Å². The number of rotatable bonds is 8. The van der Waals surface area contributed by atoms with E-state index >= 15 is 0 Å². The Hall–Kier alpha value is -1.14. The van der Waals surface area contributed by atoms with E-state index in [2.05, 4.69) is 15.6 Å². The van der Waals surface area contributed by atoms with Crippen LogP contribution in [0.4, 0.5) is 4.79 Å². The quantitative estimate of drug-likeness (QED) is 0.691. The molecule has 1 heterocycles. The van der Waals surface area contributed by atoms with Gasteiger partial charge in [-0.3, -0.25) is 0 Å². The van der Waals surface area contributed by atoms with E-state index in [0.717, 1.165) is 23.5 Å². The molecule has 1 rings (SSSR count). The van der Waals surface area contributed by atoms with Gasteiger partial charge in [0, 0.05) is 11.4 Å². The third-order valence-electron chi connectivity index (χ3n) is 3.48. The molecule has 1 aromatic heterocycles. The lowest BCUT2D eigenvalue weighted by Crippen LogP contribution is -2.46. The van der Waals surface area contributed by atoms with Crippen LogP contribution < -0.4 is 10.6 Å². The minimum atomic E-state index is -0.796. The van der Waals surface area contributed by atoms with Gasteiger partial charge in [-0.15, -0.1) is 11.3 Å². The van der Waals surface area contributed by atoms with Crippen molar-refractivity contribution in [1.82, 2.24) is 15.6 Å². The van der Waals surface area contributed by atoms with Gasteiger partial charge in [0.2, 0.25) is 0 Å². The van der Waals surface area contributed by atoms with Gasteiger partial charge >= 0.3 is 6.03 Å². The van der Waals surface area contributed by atoms with Crippen molar-refractivity contribution in [3.05, 3.63) is 15.6 Å². The molecule has 0 saturated carbocycles. The van der Waals surface area contributed by atoms with Crippen LogP contribution in [0, 0.1) is 13.8 Å². The van der Waals surface area contributed by atoms with Gasteiger partial charge in [-0.2, -0.15) is 0 Å². The average molecular weight is 313 g/mol. The predicted molar refractivity (Wildman–Crippen MR) is 86.6 cm³/mol.